The van der Waals surface area contributed by atoms with Gasteiger partial charge < -0.3 is 9.47 Å². The van der Waals surface area contributed by atoms with Crippen molar-refractivity contribution < 1.29 is 9.18 Å². The molecule has 4 nitrogen and oxygen atoms in total. The van der Waals surface area contributed by atoms with Gasteiger partial charge in [-0.2, -0.15) is 0 Å². The highest BCUT2D eigenvalue weighted by atomic mass is 35.5. The second-order valence-electron chi connectivity index (χ2n) is 8.46. The van der Waals surface area contributed by atoms with E-state index in [4.69, 9.17) is 23.8 Å². The van der Waals surface area contributed by atoms with Gasteiger partial charge in [0.15, 0.2) is 5.11 Å². The fourth-order valence-electron chi connectivity index (χ4n) is 4.52. The van der Waals surface area contributed by atoms with Crippen LogP contribution in [0.4, 0.5) is 10.1 Å². The number of carbonyl (C=O) groups excluding carboxylic acids is 1. The zero-order chi connectivity index (χ0) is 24.7. The first-order chi connectivity index (χ1) is 16.9. The molecule has 5 rings (SSSR count). The number of anilines is 1. The smallest absolute Gasteiger partial charge is 0.281 e. The lowest BCUT2D eigenvalue weighted by atomic mass is 10.1. The molecular formula is C28H23ClFN3OS. The fraction of sp³-hybridized carbons (Fsp3) is 0.143. The SMILES string of the molecule is CCc1cccc2c(/C=C3/C(=O)N(c4ccc(Cl)cc4)C(=S)N3C)cn(Cc3ccccc3F)c12. The van der Waals surface area contributed by atoms with Crippen molar-refractivity contribution in [2.24, 2.45) is 0 Å². The molecule has 1 aliphatic rings. The Kier molecular flexibility index (Phi) is 6.17. The summed E-state index contributed by atoms with van der Waals surface area (Å²) >= 11 is 11.6. The number of fused-ring (bicyclic) bond motifs is 1. The highest BCUT2D eigenvalue weighted by Crippen LogP contribution is 2.32. The van der Waals surface area contributed by atoms with Crippen LogP contribution in [0.25, 0.3) is 17.0 Å². The molecule has 3 aromatic carbocycles. The van der Waals surface area contributed by atoms with Crippen LogP contribution in [-0.2, 0) is 17.8 Å². The molecule has 0 N–H and O–H groups in total. The third kappa shape index (κ3) is 4.13. The molecule has 176 valence electrons. The van der Waals surface area contributed by atoms with Gasteiger partial charge in [-0.1, -0.05) is 54.9 Å². The number of hydrogen-bond donors (Lipinski definition) is 0. The minimum atomic E-state index is -0.238. The van der Waals surface area contributed by atoms with Gasteiger partial charge in [0.1, 0.15) is 11.5 Å². The molecule has 2 heterocycles. The Morgan fingerprint density at radius 2 is 1.71 bits per heavy atom. The largest absolute Gasteiger partial charge is 0.342 e. The van der Waals surface area contributed by atoms with E-state index in [2.05, 4.69) is 17.6 Å². The number of aryl methyl sites for hydroxylation is 1. The first-order valence-electron chi connectivity index (χ1n) is 11.3. The van der Waals surface area contributed by atoms with Gasteiger partial charge in [-0.3, -0.25) is 9.69 Å². The van der Waals surface area contributed by atoms with E-state index in [1.807, 2.05) is 30.5 Å². The Labute approximate surface area is 213 Å². The molecule has 4 aromatic rings. The molecule has 1 aromatic heterocycles. The van der Waals surface area contributed by atoms with Crippen molar-refractivity contribution in [3.63, 3.8) is 0 Å². The van der Waals surface area contributed by atoms with E-state index in [9.17, 15) is 9.18 Å². The molecule has 7 heteroatoms. The minimum Gasteiger partial charge on any atom is -0.342 e. The van der Waals surface area contributed by atoms with Gasteiger partial charge in [0, 0.05) is 34.8 Å². The lowest BCUT2D eigenvalue weighted by Crippen LogP contribution is -2.31. The molecule has 0 bridgehead atoms. The number of amides is 1. The lowest BCUT2D eigenvalue weighted by Gasteiger charge is -2.16. The molecule has 0 aliphatic carbocycles. The third-order valence-corrected chi connectivity index (χ3v) is 7.04. The molecule has 0 spiro atoms. The average Bonchev–Trinajstić information content (AvgIpc) is 3.31. The minimum absolute atomic E-state index is 0.207. The van der Waals surface area contributed by atoms with Crippen LogP contribution in [0.3, 0.4) is 0 Å². The second kappa shape index (κ2) is 9.29. The average molecular weight is 504 g/mol. The van der Waals surface area contributed by atoms with Crippen molar-refractivity contribution in [3.8, 4) is 0 Å². The van der Waals surface area contributed by atoms with E-state index in [1.165, 1.54) is 11.0 Å². The van der Waals surface area contributed by atoms with Gasteiger partial charge >= 0.3 is 0 Å². The van der Waals surface area contributed by atoms with E-state index in [1.54, 1.807) is 48.3 Å². The molecule has 0 unspecified atom stereocenters. The predicted molar refractivity (Wildman–Crippen MR) is 144 cm³/mol. The van der Waals surface area contributed by atoms with Crippen molar-refractivity contribution >= 4 is 57.5 Å². The molecule has 1 fully saturated rings. The topological polar surface area (TPSA) is 28.5 Å². The number of thiocarbonyl (C=S) groups is 1. The number of nitrogens with zero attached hydrogens (tertiary/aromatic N) is 3. The summed E-state index contributed by atoms with van der Waals surface area (Å²) < 4.78 is 16.5. The molecule has 35 heavy (non-hydrogen) atoms. The van der Waals surface area contributed by atoms with Gasteiger partial charge in [0.05, 0.1) is 17.7 Å². The molecule has 0 atom stereocenters. The predicted octanol–water partition coefficient (Wildman–Crippen LogP) is 6.65. The third-order valence-electron chi connectivity index (χ3n) is 6.33. The first kappa shape index (κ1) is 23.3. The summed E-state index contributed by atoms with van der Waals surface area (Å²) in [7, 11) is 1.79. The van der Waals surface area contributed by atoms with Gasteiger partial charge in [0.25, 0.3) is 5.91 Å². The number of carbonyl (C=O) groups is 1. The Hall–Kier alpha value is -3.48. The summed E-state index contributed by atoms with van der Waals surface area (Å²) in [6.07, 6.45) is 4.68. The normalized spacial score (nSPS) is 15.1. The van der Waals surface area contributed by atoms with E-state index < -0.39 is 0 Å². The summed E-state index contributed by atoms with van der Waals surface area (Å²) in [5.74, 6) is -0.445. The quantitative estimate of drug-likeness (QED) is 0.225. The zero-order valence-electron chi connectivity index (χ0n) is 19.3. The Morgan fingerprint density at radius 1 is 1.00 bits per heavy atom. The van der Waals surface area contributed by atoms with E-state index in [0.29, 0.717) is 33.6 Å². The van der Waals surface area contributed by atoms with Gasteiger partial charge in [-0.25, -0.2) is 4.39 Å². The standard InChI is InChI=1S/C28H23ClFN3OS/c1-3-18-8-6-9-23-20(17-32(26(18)23)16-19-7-4-5-10-24(19)30)15-25-27(34)33(28(35)31(25)2)22-13-11-21(29)12-14-22/h4-15,17H,3,16H2,1-2H3/b25-15-. The fourth-order valence-corrected chi connectivity index (χ4v) is 4.93. The van der Waals surface area contributed by atoms with Crippen molar-refractivity contribution in [2.45, 2.75) is 19.9 Å². The first-order valence-corrected chi connectivity index (χ1v) is 12.1. The number of aromatic nitrogens is 1. The summed E-state index contributed by atoms with van der Waals surface area (Å²) in [5.41, 5.74) is 4.82. The highest BCUT2D eigenvalue weighted by Gasteiger charge is 2.37. The highest BCUT2D eigenvalue weighted by molar-refractivity contribution is 7.80. The number of likely N-dealkylation sites (N-methyl/N-ethyl adjacent to an activating group) is 1. The zero-order valence-corrected chi connectivity index (χ0v) is 20.9. The van der Waals surface area contributed by atoms with Crippen LogP contribution in [-0.4, -0.2) is 27.5 Å². The van der Waals surface area contributed by atoms with E-state index in [0.717, 1.165) is 28.5 Å². The summed E-state index contributed by atoms with van der Waals surface area (Å²) in [5, 5.41) is 1.99. The van der Waals surface area contributed by atoms with Crippen LogP contribution in [0.5, 0.6) is 0 Å². The van der Waals surface area contributed by atoms with Gasteiger partial charge in [-0.15, -0.1) is 0 Å². The second-order valence-corrected chi connectivity index (χ2v) is 9.26. The number of halogens is 2. The van der Waals surface area contributed by atoms with Gasteiger partial charge in [0.2, 0.25) is 0 Å². The van der Waals surface area contributed by atoms with Crippen LogP contribution in [0.2, 0.25) is 5.02 Å². The molecule has 1 aliphatic heterocycles. The van der Waals surface area contributed by atoms with Crippen molar-refractivity contribution in [2.75, 3.05) is 11.9 Å². The monoisotopic (exact) mass is 503 g/mol. The summed E-state index contributed by atoms with van der Waals surface area (Å²) in [4.78, 5) is 16.7. The van der Waals surface area contributed by atoms with Crippen LogP contribution in [0.1, 0.15) is 23.6 Å². The van der Waals surface area contributed by atoms with Crippen molar-refractivity contribution in [1.29, 1.82) is 0 Å². The molecule has 0 saturated carbocycles. The van der Waals surface area contributed by atoms with Crippen molar-refractivity contribution in [3.05, 3.63) is 106 Å². The van der Waals surface area contributed by atoms with Crippen LogP contribution in [0.15, 0.2) is 78.6 Å². The number of para-hydroxylation sites is 1. The van der Waals surface area contributed by atoms with Crippen LogP contribution < -0.4 is 4.90 Å². The Morgan fingerprint density at radius 3 is 2.43 bits per heavy atom. The van der Waals surface area contributed by atoms with Crippen LogP contribution in [0, 0.1) is 5.82 Å². The molecule has 1 saturated heterocycles. The number of rotatable bonds is 5. The lowest BCUT2D eigenvalue weighted by molar-refractivity contribution is -0.114. The Bertz CT molecular complexity index is 1490. The maximum absolute atomic E-state index is 14.5. The summed E-state index contributed by atoms with van der Waals surface area (Å²) in [6.45, 7) is 2.49. The molecule has 0 radical (unpaired) electrons. The maximum atomic E-state index is 14.5. The van der Waals surface area contributed by atoms with E-state index >= 15 is 0 Å². The number of benzene rings is 3. The number of hydrogen-bond acceptors (Lipinski definition) is 2. The van der Waals surface area contributed by atoms with Gasteiger partial charge in [-0.05, 0) is 60.6 Å². The van der Waals surface area contributed by atoms with Crippen LogP contribution >= 0.6 is 23.8 Å². The summed E-state index contributed by atoms with van der Waals surface area (Å²) in [6, 6.07) is 20.0. The Balaban J connectivity index is 1.61. The molecule has 1 amide bonds. The van der Waals surface area contributed by atoms with E-state index in [-0.39, 0.29) is 11.7 Å². The maximum Gasteiger partial charge on any atom is 0.281 e. The van der Waals surface area contributed by atoms with Crippen molar-refractivity contribution in [1.82, 2.24) is 9.47 Å². The molecular weight excluding hydrogens is 481 g/mol.